The van der Waals surface area contributed by atoms with Crippen molar-refractivity contribution in [2.75, 3.05) is 17.2 Å². The summed E-state index contributed by atoms with van der Waals surface area (Å²) in [4.78, 5) is 10.6. The maximum Gasteiger partial charge on any atom is 0.273 e. The van der Waals surface area contributed by atoms with Gasteiger partial charge in [-0.05, 0) is 37.6 Å². The molecule has 5 nitrogen and oxygen atoms in total. The molecule has 2 aromatic rings. The lowest BCUT2D eigenvalue weighted by Crippen LogP contribution is -2.00. The van der Waals surface area contributed by atoms with Gasteiger partial charge in [0.15, 0.2) is 0 Å². The first-order chi connectivity index (χ1) is 9.99. The topological polar surface area (TPSA) is 67.2 Å². The molecule has 0 bridgehead atoms. The Balaban J connectivity index is 2.33. The molecular weight excluding hydrogens is 334 g/mol. The van der Waals surface area contributed by atoms with Crippen LogP contribution in [-0.2, 0) is 0 Å². The molecule has 0 heterocycles. The molecule has 0 saturated heterocycles. The lowest BCUT2D eigenvalue weighted by molar-refractivity contribution is -0.384. The zero-order valence-electron chi connectivity index (χ0n) is 11.8. The van der Waals surface area contributed by atoms with Crippen LogP contribution < -0.4 is 10.6 Å². The Kier molecular flexibility index (Phi) is 4.80. The van der Waals surface area contributed by atoms with Gasteiger partial charge in [0.1, 0.15) is 0 Å². The normalized spacial score (nSPS) is 10.2. The van der Waals surface area contributed by atoms with E-state index in [4.69, 9.17) is 0 Å². The molecule has 2 N–H and O–H groups in total. The zero-order chi connectivity index (χ0) is 15.4. The van der Waals surface area contributed by atoms with E-state index in [-0.39, 0.29) is 5.69 Å². The molecule has 0 aromatic heterocycles. The van der Waals surface area contributed by atoms with Gasteiger partial charge in [-0.15, -0.1) is 0 Å². The van der Waals surface area contributed by atoms with Gasteiger partial charge < -0.3 is 10.6 Å². The minimum Gasteiger partial charge on any atom is -0.385 e. The molecule has 0 radical (unpaired) electrons. The molecule has 0 spiro atoms. The molecule has 110 valence electrons. The Labute approximate surface area is 131 Å². The number of aryl methyl sites for hydroxylation is 1. The van der Waals surface area contributed by atoms with Crippen molar-refractivity contribution in [2.45, 2.75) is 13.8 Å². The number of nitrogens with one attached hydrogen (secondary N) is 2. The highest BCUT2D eigenvalue weighted by Crippen LogP contribution is 2.28. The van der Waals surface area contributed by atoms with Gasteiger partial charge in [0.2, 0.25) is 0 Å². The van der Waals surface area contributed by atoms with Crippen molar-refractivity contribution in [1.29, 1.82) is 0 Å². The minimum absolute atomic E-state index is 0.0575. The lowest BCUT2D eigenvalue weighted by atomic mass is 10.2. The highest BCUT2D eigenvalue weighted by Gasteiger charge is 2.10. The monoisotopic (exact) mass is 349 g/mol. The number of rotatable bonds is 5. The molecule has 0 fully saturated rings. The number of non-ortho nitro benzene ring substituents is 1. The maximum absolute atomic E-state index is 11.0. The molecule has 0 aliphatic rings. The third-order valence-electron chi connectivity index (χ3n) is 2.97. The van der Waals surface area contributed by atoms with Crippen LogP contribution in [0.3, 0.4) is 0 Å². The van der Waals surface area contributed by atoms with Gasteiger partial charge in [-0.25, -0.2) is 0 Å². The van der Waals surface area contributed by atoms with Crippen LogP contribution in [0.15, 0.2) is 40.9 Å². The van der Waals surface area contributed by atoms with Crippen LogP contribution in [0.4, 0.5) is 22.7 Å². The van der Waals surface area contributed by atoms with E-state index in [1.807, 2.05) is 38.1 Å². The molecule has 0 amide bonds. The largest absolute Gasteiger partial charge is 0.385 e. The minimum atomic E-state index is -0.392. The van der Waals surface area contributed by atoms with Crippen LogP contribution >= 0.6 is 15.9 Å². The predicted molar refractivity (Wildman–Crippen MR) is 89.4 cm³/mol. The van der Waals surface area contributed by atoms with Gasteiger partial charge in [0, 0.05) is 40.2 Å². The van der Waals surface area contributed by atoms with Gasteiger partial charge >= 0.3 is 0 Å². The van der Waals surface area contributed by atoms with E-state index in [0.717, 1.165) is 21.4 Å². The van der Waals surface area contributed by atoms with Crippen LogP contribution in [0, 0.1) is 17.0 Å². The molecule has 0 atom stereocenters. The van der Waals surface area contributed by atoms with Crippen molar-refractivity contribution < 1.29 is 4.92 Å². The average Bonchev–Trinajstić information content (AvgIpc) is 2.43. The molecular formula is C15H16BrN3O2. The summed E-state index contributed by atoms with van der Waals surface area (Å²) in [6.45, 7) is 4.66. The first-order valence-electron chi connectivity index (χ1n) is 6.56. The standard InChI is InChI=1S/C15H16BrN3O2/c1-3-17-12-6-13(8-14(7-12)19(20)21)18-11-5-4-10(2)15(16)9-11/h4-9,17-18H,3H2,1-2H3. The third-order valence-corrected chi connectivity index (χ3v) is 3.82. The number of hydrogen-bond acceptors (Lipinski definition) is 4. The molecule has 2 aromatic carbocycles. The fraction of sp³-hybridized carbons (Fsp3) is 0.200. The summed E-state index contributed by atoms with van der Waals surface area (Å²) in [5.41, 5.74) is 3.46. The van der Waals surface area contributed by atoms with Crippen LogP contribution in [0.25, 0.3) is 0 Å². The summed E-state index contributed by atoms with van der Waals surface area (Å²) in [5.74, 6) is 0. The van der Waals surface area contributed by atoms with Crippen LogP contribution in [0.1, 0.15) is 12.5 Å². The van der Waals surface area contributed by atoms with Crippen molar-refractivity contribution in [1.82, 2.24) is 0 Å². The smallest absolute Gasteiger partial charge is 0.273 e. The SMILES string of the molecule is CCNc1cc(Nc2ccc(C)c(Br)c2)cc([N+](=O)[O-])c1. The predicted octanol–water partition coefficient (Wildman–Crippen LogP) is 4.84. The molecule has 21 heavy (non-hydrogen) atoms. The van der Waals surface area contributed by atoms with Crippen molar-refractivity contribution in [2.24, 2.45) is 0 Å². The zero-order valence-corrected chi connectivity index (χ0v) is 13.4. The van der Waals surface area contributed by atoms with Crippen LogP contribution in [-0.4, -0.2) is 11.5 Å². The molecule has 0 saturated carbocycles. The average molecular weight is 350 g/mol. The Bertz CT molecular complexity index is 674. The van der Waals surface area contributed by atoms with Crippen molar-refractivity contribution in [3.8, 4) is 0 Å². The quantitative estimate of drug-likeness (QED) is 0.598. The molecule has 2 rings (SSSR count). The fourth-order valence-electron chi connectivity index (χ4n) is 1.93. The van der Waals surface area contributed by atoms with E-state index in [1.54, 1.807) is 0 Å². The molecule has 0 aliphatic heterocycles. The Morgan fingerprint density at radius 1 is 1.14 bits per heavy atom. The number of benzene rings is 2. The Morgan fingerprint density at radius 3 is 2.48 bits per heavy atom. The number of anilines is 3. The fourth-order valence-corrected chi connectivity index (χ4v) is 2.31. The Morgan fingerprint density at radius 2 is 1.86 bits per heavy atom. The van der Waals surface area contributed by atoms with Gasteiger partial charge in [0.25, 0.3) is 5.69 Å². The number of halogens is 1. The summed E-state index contributed by atoms with van der Waals surface area (Å²) in [5, 5.41) is 17.3. The van der Waals surface area contributed by atoms with Crippen molar-refractivity contribution in [3.63, 3.8) is 0 Å². The second-order valence-corrected chi connectivity index (χ2v) is 5.50. The van der Waals surface area contributed by atoms with Crippen LogP contribution in [0.5, 0.6) is 0 Å². The van der Waals surface area contributed by atoms with E-state index in [2.05, 4.69) is 26.6 Å². The van der Waals surface area contributed by atoms with Gasteiger partial charge in [-0.2, -0.15) is 0 Å². The second kappa shape index (κ2) is 6.58. The summed E-state index contributed by atoms with van der Waals surface area (Å²) in [7, 11) is 0. The van der Waals surface area contributed by atoms with Gasteiger partial charge in [-0.3, -0.25) is 10.1 Å². The molecule has 6 heteroatoms. The van der Waals surface area contributed by atoms with E-state index in [9.17, 15) is 10.1 Å². The first-order valence-corrected chi connectivity index (χ1v) is 7.35. The number of nitro benzene ring substituents is 1. The first kappa shape index (κ1) is 15.3. The van der Waals surface area contributed by atoms with E-state index in [1.165, 1.54) is 12.1 Å². The number of hydrogen-bond donors (Lipinski definition) is 2. The van der Waals surface area contributed by atoms with E-state index < -0.39 is 4.92 Å². The number of nitrogens with zero attached hydrogens (tertiary/aromatic N) is 1. The highest BCUT2D eigenvalue weighted by atomic mass is 79.9. The van der Waals surface area contributed by atoms with Crippen molar-refractivity contribution >= 4 is 38.7 Å². The number of nitro groups is 1. The summed E-state index contributed by atoms with van der Waals surface area (Å²) >= 11 is 3.48. The summed E-state index contributed by atoms with van der Waals surface area (Å²) in [6, 6.07) is 10.8. The lowest BCUT2D eigenvalue weighted by Gasteiger charge is -2.10. The molecule has 0 unspecified atom stereocenters. The molecule has 0 aliphatic carbocycles. The van der Waals surface area contributed by atoms with Crippen molar-refractivity contribution in [3.05, 3.63) is 56.5 Å². The maximum atomic E-state index is 11.0. The van der Waals surface area contributed by atoms with E-state index in [0.29, 0.717) is 12.2 Å². The summed E-state index contributed by atoms with van der Waals surface area (Å²) in [6.07, 6.45) is 0. The van der Waals surface area contributed by atoms with E-state index >= 15 is 0 Å². The highest BCUT2D eigenvalue weighted by molar-refractivity contribution is 9.10. The third kappa shape index (κ3) is 3.95. The van der Waals surface area contributed by atoms with Gasteiger partial charge in [0.05, 0.1) is 4.92 Å². The summed E-state index contributed by atoms with van der Waals surface area (Å²) < 4.78 is 0.991. The van der Waals surface area contributed by atoms with Gasteiger partial charge in [-0.1, -0.05) is 22.0 Å². The van der Waals surface area contributed by atoms with Crippen LogP contribution in [0.2, 0.25) is 0 Å². The second-order valence-electron chi connectivity index (χ2n) is 4.64. The Hall–Kier alpha value is -2.08.